The molecule has 1 aromatic heterocycles. The Morgan fingerprint density at radius 3 is 2.53 bits per heavy atom. The smallest absolute Gasteiger partial charge is 0.261 e. The number of rotatable bonds is 1. The van der Waals surface area contributed by atoms with E-state index < -0.39 is 0 Å². The standard InChI is InChI=1S/C8H6Cl2N4O/c9-3-1-4(6(11)5(10)2-3)7-13-8(12)14-15-7/h1-2H,11H2,(H2,12,14). The molecule has 0 aliphatic rings. The molecule has 0 aliphatic carbocycles. The van der Waals surface area contributed by atoms with Crippen molar-refractivity contribution in [1.29, 1.82) is 0 Å². The van der Waals surface area contributed by atoms with Gasteiger partial charge in [-0.1, -0.05) is 23.2 Å². The fourth-order valence-electron chi connectivity index (χ4n) is 1.11. The molecular weight excluding hydrogens is 239 g/mol. The molecule has 2 aromatic rings. The predicted molar refractivity (Wildman–Crippen MR) is 58.6 cm³/mol. The summed E-state index contributed by atoms with van der Waals surface area (Å²) in [5.41, 5.74) is 11.8. The second-order valence-corrected chi connectivity index (χ2v) is 3.65. The van der Waals surface area contributed by atoms with Crippen LogP contribution in [0, 0.1) is 0 Å². The van der Waals surface area contributed by atoms with Gasteiger partial charge in [0.2, 0.25) is 0 Å². The molecule has 0 bridgehead atoms. The summed E-state index contributed by atoms with van der Waals surface area (Å²) >= 11 is 11.7. The Bertz CT molecular complexity index is 511. The molecule has 15 heavy (non-hydrogen) atoms. The lowest BCUT2D eigenvalue weighted by molar-refractivity contribution is 0.433. The van der Waals surface area contributed by atoms with E-state index >= 15 is 0 Å². The molecule has 1 aromatic carbocycles. The van der Waals surface area contributed by atoms with Crippen molar-refractivity contribution < 1.29 is 4.52 Å². The van der Waals surface area contributed by atoms with Crippen LogP contribution in [-0.4, -0.2) is 10.1 Å². The second-order valence-electron chi connectivity index (χ2n) is 2.81. The second kappa shape index (κ2) is 3.60. The largest absolute Gasteiger partial charge is 0.397 e. The van der Waals surface area contributed by atoms with E-state index in [9.17, 15) is 0 Å². The van der Waals surface area contributed by atoms with Gasteiger partial charge in [0.05, 0.1) is 16.3 Å². The highest BCUT2D eigenvalue weighted by molar-refractivity contribution is 6.37. The maximum absolute atomic E-state index is 5.85. The Hall–Kier alpha value is -1.46. The zero-order chi connectivity index (χ0) is 11.0. The van der Waals surface area contributed by atoms with Crippen LogP contribution in [0.3, 0.4) is 0 Å². The molecule has 0 fully saturated rings. The third-order valence-electron chi connectivity index (χ3n) is 1.77. The number of aromatic nitrogens is 2. The van der Waals surface area contributed by atoms with Crippen molar-refractivity contribution >= 4 is 34.8 Å². The molecule has 0 aliphatic heterocycles. The molecule has 0 amide bonds. The van der Waals surface area contributed by atoms with Gasteiger partial charge in [-0.15, -0.1) is 0 Å². The zero-order valence-corrected chi connectivity index (χ0v) is 8.88. The predicted octanol–water partition coefficient (Wildman–Crippen LogP) is 2.21. The number of halogens is 2. The van der Waals surface area contributed by atoms with Crippen LogP contribution in [0.25, 0.3) is 11.5 Å². The van der Waals surface area contributed by atoms with Gasteiger partial charge in [-0.25, -0.2) is 0 Å². The molecular formula is C8H6Cl2N4O. The molecule has 1 heterocycles. The summed E-state index contributed by atoms with van der Waals surface area (Å²) in [5, 5.41) is 4.20. The number of anilines is 2. The molecule has 0 spiro atoms. The van der Waals surface area contributed by atoms with E-state index in [4.69, 9.17) is 39.2 Å². The van der Waals surface area contributed by atoms with Crippen molar-refractivity contribution in [2.45, 2.75) is 0 Å². The highest BCUT2D eigenvalue weighted by Gasteiger charge is 2.13. The summed E-state index contributed by atoms with van der Waals surface area (Å²) in [4.78, 5) is 3.83. The van der Waals surface area contributed by atoms with Crippen molar-refractivity contribution in [3.8, 4) is 11.5 Å². The van der Waals surface area contributed by atoms with E-state index in [0.29, 0.717) is 21.3 Å². The molecule has 0 saturated heterocycles. The van der Waals surface area contributed by atoms with Gasteiger partial charge in [0.25, 0.3) is 11.8 Å². The molecule has 5 nitrogen and oxygen atoms in total. The number of benzene rings is 1. The van der Waals surface area contributed by atoms with Crippen LogP contribution in [0.1, 0.15) is 0 Å². The lowest BCUT2D eigenvalue weighted by Gasteiger charge is -2.03. The average Bonchev–Trinajstić information content (AvgIpc) is 2.58. The molecule has 0 saturated carbocycles. The van der Waals surface area contributed by atoms with Gasteiger partial charge in [-0.3, -0.25) is 0 Å². The number of nitrogens with two attached hydrogens (primary N) is 2. The molecule has 0 radical (unpaired) electrons. The highest BCUT2D eigenvalue weighted by atomic mass is 35.5. The fraction of sp³-hybridized carbons (Fsp3) is 0. The first-order valence-electron chi connectivity index (χ1n) is 3.92. The molecule has 0 unspecified atom stereocenters. The zero-order valence-electron chi connectivity index (χ0n) is 7.37. The van der Waals surface area contributed by atoms with Gasteiger partial charge >= 0.3 is 0 Å². The number of hydrogen-bond donors (Lipinski definition) is 2. The fourth-order valence-corrected chi connectivity index (χ4v) is 1.60. The molecule has 0 atom stereocenters. The third-order valence-corrected chi connectivity index (χ3v) is 2.30. The van der Waals surface area contributed by atoms with E-state index in [2.05, 4.69) is 10.1 Å². The highest BCUT2D eigenvalue weighted by Crippen LogP contribution is 2.33. The van der Waals surface area contributed by atoms with Crippen LogP contribution >= 0.6 is 23.2 Å². The van der Waals surface area contributed by atoms with Gasteiger partial charge in [0, 0.05) is 5.02 Å². The lowest BCUT2D eigenvalue weighted by Crippen LogP contribution is -1.92. The van der Waals surface area contributed by atoms with E-state index in [1.807, 2.05) is 0 Å². The van der Waals surface area contributed by atoms with Crippen molar-refractivity contribution in [1.82, 2.24) is 10.1 Å². The summed E-state index contributed by atoms with van der Waals surface area (Å²) in [5.74, 6) is 0.217. The first-order chi connectivity index (χ1) is 7.08. The number of nitrogen functional groups attached to an aromatic ring is 2. The molecule has 2 rings (SSSR count). The van der Waals surface area contributed by atoms with Gasteiger partial charge < -0.3 is 16.0 Å². The maximum atomic E-state index is 5.85. The summed E-state index contributed by atoms with van der Waals surface area (Å²) < 4.78 is 4.86. The van der Waals surface area contributed by atoms with Crippen molar-refractivity contribution in [2.75, 3.05) is 11.5 Å². The maximum Gasteiger partial charge on any atom is 0.261 e. The van der Waals surface area contributed by atoms with Crippen LogP contribution in [0.15, 0.2) is 16.7 Å². The molecule has 7 heteroatoms. The van der Waals surface area contributed by atoms with Gasteiger partial charge in [-0.05, 0) is 17.3 Å². The topological polar surface area (TPSA) is 91.0 Å². The summed E-state index contributed by atoms with van der Waals surface area (Å²) in [6.45, 7) is 0. The average molecular weight is 245 g/mol. The summed E-state index contributed by atoms with van der Waals surface area (Å²) in [7, 11) is 0. The normalized spacial score (nSPS) is 10.5. The first-order valence-corrected chi connectivity index (χ1v) is 4.67. The van der Waals surface area contributed by atoms with E-state index in [0.717, 1.165) is 0 Å². The lowest BCUT2D eigenvalue weighted by atomic mass is 10.2. The SMILES string of the molecule is Nc1noc(-c2cc(Cl)cc(Cl)c2N)n1. The minimum Gasteiger partial charge on any atom is -0.397 e. The minimum atomic E-state index is 0.0282. The van der Waals surface area contributed by atoms with Gasteiger partial charge in [0.15, 0.2) is 0 Å². The van der Waals surface area contributed by atoms with E-state index in [-0.39, 0.29) is 11.8 Å². The number of hydrogen-bond acceptors (Lipinski definition) is 5. The first kappa shape index (κ1) is 10.1. The molecule has 78 valence electrons. The third kappa shape index (κ3) is 1.84. The van der Waals surface area contributed by atoms with E-state index in [1.54, 1.807) is 6.07 Å². The van der Waals surface area contributed by atoms with Crippen molar-refractivity contribution in [2.24, 2.45) is 0 Å². The van der Waals surface area contributed by atoms with Crippen LogP contribution in [0.5, 0.6) is 0 Å². The monoisotopic (exact) mass is 244 g/mol. The van der Waals surface area contributed by atoms with Crippen LogP contribution in [0.2, 0.25) is 10.0 Å². The molecule has 4 N–H and O–H groups in total. The van der Waals surface area contributed by atoms with Crippen LogP contribution in [0.4, 0.5) is 11.6 Å². The Morgan fingerprint density at radius 1 is 1.20 bits per heavy atom. The van der Waals surface area contributed by atoms with Gasteiger partial charge in [-0.2, -0.15) is 4.98 Å². The van der Waals surface area contributed by atoms with Crippen molar-refractivity contribution in [3.05, 3.63) is 22.2 Å². The minimum absolute atomic E-state index is 0.0282. The summed E-state index contributed by atoms with van der Waals surface area (Å²) in [6, 6.07) is 3.11. The number of nitrogens with zero attached hydrogens (tertiary/aromatic N) is 2. The Balaban J connectivity index is 2.62. The van der Waals surface area contributed by atoms with E-state index in [1.165, 1.54) is 6.07 Å². The van der Waals surface area contributed by atoms with Crippen molar-refractivity contribution in [3.63, 3.8) is 0 Å². The van der Waals surface area contributed by atoms with Gasteiger partial charge in [0.1, 0.15) is 0 Å². The quantitative estimate of drug-likeness (QED) is 0.751. The Kier molecular flexibility index (Phi) is 2.42. The van der Waals surface area contributed by atoms with Crippen LogP contribution in [-0.2, 0) is 0 Å². The Morgan fingerprint density at radius 2 is 1.93 bits per heavy atom. The van der Waals surface area contributed by atoms with Crippen LogP contribution < -0.4 is 11.5 Å². The Labute approximate surface area is 95.0 Å². The summed E-state index contributed by atoms with van der Waals surface area (Å²) in [6.07, 6.45) is 0.